The largest absolute Gasteiger partial charge is 0.508 e. The van der Waals surface area contributed by atoms with Gasteiger partial charge in [-0.15, -0.1) is 0 Å². The molecule has 2 aromatic rings. The number of benzene rings is 2. The highest BCUT2D eigenvalue weighted by Crippen LogP contribution is 2.46. The van der Waals surface area contributed by atoms with Crippen LogP contribution in [0.1, 0.15) is 41.4 Å². The number of phenols is 2. The molecule has 0 amide bonds. The van der Waals surface area contributed by atoms with Gasteiger partial charge in [-0.1, -0.05) is 23.8 Å². The molecule has 1 heterocycles. The van der Waals surface area contributed by atoms with Gasteiger partial charge in [-0.05, 0) is 38.0 Å². The highest BCUT2D eigenvalue weighted by Gasteiger charge is 2.40. The Morgan fingerprint density at radius 3 is 2.48 bits per heavy atom. The number of ketones is 1. The van der Waals surface area contributed by atoms with Crippen molar-refractivity contribution in [2.75, 3.05) is 7.11 Å². The lowest BCUT2D eigenvalue weighted by molar-refractivity contribution is 0.0206. The molecule has 3 N–H and O–H groups in total. The molecule has 1 aliphatic heterocycles. The van der Waals surface area contributed by atoms with Crippen LogP contribution < -0.4 is 9.47 Å². The second kappa shape index (κ2) is 7.32. The zero-order valence-electron chi connectivity index (χ0n) is 15.4. The number of rotatable bonds is 4. The van der Waals surface area contributed by atoms with E-state index in [1.165, 1.54) is 25.3 Å². The summed E-state index contributed by atoms with van der Waals surface area (Å²) in [5, 5.41) is 30.5. The number of allylic oxidation sites excluding steroid dienone is 2. The number of phenolic OH excluding ortho intramolecular Hbond substituents is 2. The Labute approximate surface area is 157 Å². The van der Waals surface area contributed by atoms with Crippen molar-refractivity contribution in [2.45, 2.75) is 32.5 Å². The monoisotopic (exact) mass is 370 g/mol. The van der Waals surface area contributed by atoms with Crippen molar-refractivity contribution < 1.29 is 29.6 Å². The van der Waals surface area contributed by atoms with E-state index in [0.717, 1.165) is 5.57 Å². The van der Waals surface area contributed by atoms with Crippen LogP contribution in [-0.2, 0) is 6.42 Å². The molecule has 0 saturated carbocycles. The van der Waals surface area contributed by atoms with Crippen LogP contribution in [-0.4, -0.2) is 34.3 Å². The molecule has 2 atom stereocenters. The molecule has 0 spiro atoms. The number of aliphatic hydroxyl groups excluding tert-OH is 1. The van der Waals surface area contributed by atoms with E-state index in [9.17, 15) is 20.1 Å². The quantitative estimate of drug-likeness (QED) is 0.715. The van der Waals surface area contributed by atoms with Gasteiger partial charge in [0, 0.05) is 11.6 Å². The Morgan fingerprint density at radius 2 is 1.89 bits per heavy atom. The molecule has 0 fully saturated rings. The number of methoxy groups -OCH3 is 1. The van der Waals surface area contributed by atoms with E-state index >= 15 is 0 Å². The fourth-order valence-electron chi connectivity index (χ4n) is 3.08. The maximum absolute atomic E-state index is 12.9. The van der Waals surface area contributed by atoms with Crippen LogP contribution in [0.25, 0.3) is 0 Å². The first-order valence-corrected chi connectivity index (χ1v) is 8.57. The van der Waals surface area contributed by atoms with Gasteiger partial charge in [-0.2, -0.15) is 0 Å². The first-order chi connectivity index (χ1) is 12.8. The number of aliphatic hydroxyl groups is 1. The van der Waals surface area contributed by atoms with Crippen LogP contribution >= 0.6 is 0 Å². The predicted octanol–water partition coefficient (Wildman–Crippen LogP) is 3.29. The van der Waals surface area contributed by atoms with Crippen LogP contribution in [0.15, 0.2) is 42.0 Å². The smallest absolute Gasteiger partial charge is 0.202 e. The highest BCUT2D eigenvalue weighted by molar-refractivity contribution is 6.06. The summed E-state index contributed by atoms with van der Waals surface area (Å²) in [7, 11) is 1.39. The zero-order chi connectivity index (χ0) is 19.7. The van der Waals surface area contributed by atoms with Gasteiger partial charge in [0.05, 0.1) is 7.11 Å². The van der Waals surface area contributed by atoms with Crippen molar-refractivity contribution in [3.8, 4) is 23.0 Å². The third kappa shape index (κ3) is 3.48. The number of hydrogen-bond acceptors (Lipinski definition) is 6. The molecular weight excluding hydrogens is 348 g/mol. The highest BCUT2D eigenvalue weighted by atomic mass is 16.5. The first kappa shape index (κ1) is 18.8. The minimum absolute atomic E-state index is 0.0447. The van der Waals surface area contributed by atoms with Crippen molar-refractivity contribution in [2.24, 2.45) is 0 Å². The van der Waals surface area contributed by atoms with Crippen LogP contribution in [0.5, 0.6) is 23.0 Å². The Morgan fingerprint density at radius 1 is 1.22 bits per heavy atom. The molecule has 0 radical (unpaired) electrons. The minimum atomic E-state index is -1.43. The molecular formula is C21H22O6. The van der Waals surface area contributed by atoms with Gasteiger partial charge in [0.15, 0.2) is 12.2 Å². The van der Waals surface area contributed by atoms with Gasteiger partial charge in [-0.3, -0.25) is 4.79 Å². The topological polar surface area (TPSA) is 96.2 Å². The van der Waals surface area contributed by atoms with Gasteiger partial charge in [0.2, 0.25) is 5.78 Å². The summed E-state index contributed by atoms with van der Waals surface area (Å²) in [6.07, 6.45) is -0.109. The lowest BCUT2D eigenvalue weighted by Crippen LogP contribution is -2.37. The summed E-state index contributed by atoms with van der Waals surface area (Å²) in [5.41, 5.74) is 2.16. The Bertz CT molecular complexity index is 894. The molecule has 27 heavy (non-hydrogen) atoms. The summed E-state index contributed by atoms with van der Waals surface area (Å²) in [6.45, 7) is 3.87. The molecule has 1 aliphatic rings. The SMILES string of the molecule is COc1cc(O)c(CC=C(C)C)c2c1C(=O)[C@@H](O)[C@H](c1ccc(O)cc1)O2. The van der Waals surface area contributed by atoms with E-state index < -0.39 is 18.0 Å². The number of fused-ring (bicyclic) bond motifs is 1. The molecule has 0 saturated heterocycles. The Balaban J connectivity index is 2.15. The van der Waals surface area contributed by atoms with Crippen LogP contribution in [0.3, 0.4) is 0 Å². The summed E-state index contributed by atoms with van der Waals surface area (Å²) in [5.74, 6) is -0.157. The standard InChI is InChI=1S/C21H22O6/c1-11(2)4-9-14-15(23)10-16(26-3)17-18(24)19(25)20(27-21(14)17)12-5-7-13(22)8-6-12/h4-8,10,19-20,22-23,25H,9H2,1-3H3/t19-,20+/m1/s1. The molecule has 0 unspecified atom stereocenters. The fourth-order valence-corrected chi connectivity index (χ4v) is 3.08. The predicted molar refractivity (Wildman–Crippen MR) is 99.6 cm³/mol. The van der Waals surface area contributed by atoms with Crippen LogP contribution in [0.4, 0.5) is 0 Å². The first-order valence-electron chi connectivity index (χ1n) is 8.57. The summed E-state index contributed by atoms with van der Waals surface area (Å²) < 4.78 is 11.2. The number of hydrogen-bond donors (Lipinski definition) is 3. The minimum Gasteiger partial charge on any atom is -0.508 e. The lowest BCUT2D eigenvalue weighted by atomic mass is 9.90. The van der Waals surface area contributed by atoms with E-state index in [1.807, 2.05) is 19.9 Å². The number of carbonyl (C=O) groups is 1. The van der Waals surface area contributed by atoms with Crippen molar-refractivity contribution in [1.29, 1.82) is 0 Å². The third-order valence-electron chi connectivity index (χ3n) is 4.53. The number of aromatic hydroxyl groups is 2. The van der Waals surface area contributed by atoms with Gasteiger partial charge in [0.25, 0.3) is 0 Å². The molecule has 0 bridgehead atoms. The van der Waals surface area contributed by atoms with E-state index in [-0.39, 0.29) is 28.6 Å². The molecule has 6 nitrogen and oxygen atoms in total. The average molecular weight is 370 g/mol. The number of Topliss-reactive ketones (excluding diaryl/α,β-unsaturated/α-hetero) is 1. The van der Waals surface area contributed by atoms with Crippen molar-refractivity contribution >= 4 is 5.78 Å². The summed E-state index contributed by atoms with van der Waals surface area (Å²) in [4.78, 5) is 12.9. The van der Waals surface area contributed by atoms with Gasteiger partial charge >= 0.3 is 0 Å². The summed E-state index contributed by atoms with van der Waals surface area (Å²) in [6, 6.07) is 7.44. The maximum Gasteiger partial charge on any atom is 0.202 e. The van der Waals surface area contributed by atoms with Crippen LogP contribution in [0, 0.1) is 0 Å². The van der Waals surface area contributed by atoms with Gasteiger partial charge in [-0.25, -0.2) is 0 Å². The Hall–Kier alpha value is -2.99. The molecule has 6 heteroatoms. The fraction of sp³-hybridized carbons (Fsp3) is 0.286. The van der Waals surface area contributed by atoms with Crippen molar-refractivity contribution in [3.05, 3.63) is 58.7 Å². The maximum atomic E-state index is 12.9. The molecule has 3 rings (SSSR count). The van der Waals surface area contributed by atoms with E-state index in [1.54, 1.807) is 12.1 Å². The van der Waals surface area contributed by atoms with E-state index in [2.05, 4.69) is 0 Å². The van der Waals surface area contributed by atoms with Crippen LogP contribution in [0.2, 0.25) is 0 Å². The molecule has 0 aromatic heterocycles. The number of ether oxygens (including phenoxy) is 2. The summed E-state index contributed by atoms with van der Waals surface area (Å²) >= 11 is 0. The van der Waals surface area contributed by atoms with Gasteiger partial charge < -0.3 is 24.8 Å². The lowest BCUT2D eigenvalue weighted by Gasteiger charge is -2.32. The van der Waals surface area contributed by atoms with Crippen molar-refractivity contribution in [1.82, 2.24) is 0 Å². The molecule has 2 aromatic carbocycles. The van der Waals surface area contributed by atoms with Gasteiger partial charge in [0.1, 0.15) is 28.6 Å². The zero-order valence-corrected chi connectivity index (χ0v) is 15.4. The molecule has 142 valence electrons. The second-order valence-corrected chi connectivity index (χ2v) is 6.71. The number of carbonyl (C=O) groups excluding carboxylic acids is 1. The van der Waals surface area contributed by atoms with Crippen molar-refractivity contribution in [3.63, 3.8) is 0 Å². The third-order valence-corrected chi connectivity index (χ3v) is 4.53. The molecule has 0 aliphatic carbocycles. The normalized spacial score (nSPS) is 18.4. The average Bonchev–Trinajstić information content (AvgIpc) is 2.63. The van der Waals surface area contributed by atoms with E-state index in [0.29, 0.717) is 17.5 Å². The van der Waals surface area contributed by atoms with E-state index in [4.69, 9.17) is 9.47 Å². The second-order valence-electron chi connectivity index (χ2n) is 6.71. The Kier molecular flexibility index (Phi) is 5.10.